The SMILES string of the molecule is [N-]=[N+]=Nc1ccc(CC(=O)NCc2ccc(-c3nc(C(=O)N4CCCCC4)co3)cc2)cc1. The number of benzene rings is 2. The molecule has 0 aliphatic carbocycles. The second kappa shape index (κ2) is 10.5. The number of nitrogens with one attached hydrogen (secondary N) is 1. The van der Waals surface area contributed by atoms with Gasteiger partial charge in [-0.2, -0.15) is 0 Å². The molecule has 1 aliphatic heterocycles. The highest BCUT2D eigenvalue weighted by atomic mass is 16.3. The average Bonchev–Trinajstić information content (AvgIpc) is 3.35. The molecule has 0 atom stereocenters. The molecule has 1 aliphatic rings. The molecule has 0 radical (unpaired) electrons. The molecule has 0 bridgehead atoms. The summed E-state index contributed by atoms with van der Waals surface area (Å²) in [6.07, 6.45) is 4.86. The van der Waals surface area contributed by atoms with Gasteiger partial charge >= 0.3 is 0 Å². The lowest BCUT2D eigenvalue weighted by molar-refractivity contribution is -0.120. The number of amides is 2. The van der Waals surface area contributed by atoms with E-state index in [0.29, 0.717) is 23.8 Å². The van der Waals surface area contributed by atoms with E-state index in [1.165, 1.54) is 6.26 Å². The Morgan fingerprint density at radius 1 is 1.03 bits per heavy atom. The van der Waals surface area contributed by atoms with Gasteiger partial charge in [-0.3, -0.25) is 9.59 Å². The fourth-order valence-corrected chi connectivity index (χ4v) is 3.71. The van der Waals surface area contributed by atoms with Crippen LogP contribution in [0, 0.1) is 0 Å². The van der Waals surface area contributed by atoms with Crippen LogP contribution < -0.4 is 5.32 Å². The van der Waals surface area contributed by atoms with Crippen LogP contribution in [0.2, 0.25) is 0 Å². The quantitative estimate of drug-likeness (QED) is 0.320. The molecule has 0 saturated carbocycles. The summed E-state index contributed by atoms with van der Waals surface area (Å²) in [6.45, 7) is 1.92. The second-order valence-electron chi connectivity index (χ2n) is 7.90. The number of piperidine rings is 1. The van der Waals surface area contributed by atoms with Crippen molar-refractivity contribution in [2.24, 2.45) is 5.11 Å². The molecule has 0 spiro atoms. The summed E-state index contributed by atoms with van der Waals surface area (Å²) >= 11 is 0. The minimum absolute atomic E-state index is 0.0866. The number of hydrogen-bond donors (Lipinski definition) is 1. The minimum atomic E-state index is -0.107. The van der Waals surface area contributed by atoms with Crippen LogP contribution in [0.25, 0.3) is 21.9 Å². The van der Waals surface area contributed by atoms with Crippen molar-refractivity contribution >= 4 is 17.5 Å². The summed E-state index contributed by atoms with van der Waals surface area (Å²) < 4.78 is 5.54. The largest absolute Gasteiger partial charge is 0.444 e. The number of azide groups is 1. The van der Waals surface area contributed by atoms with Crippen LogP contribution in [0.5, 0.6) is 0 Å². The van der Waals surface area contributed by atoms with E-state index in [2.05, 4.69) is 20.3 Å². The molecular formula is C24H24N6O3. The highest BCUT2D eigenvalue weighted by Crippen LogP contribution is 2.21. The van der Waals surface area contributed by atoms with Crippen LogP contribution in [0.1, 0.15) is 40.9 Å². The summed E-state index contributed by atoms with van der Waals surface area (Å²) in [5.41, 5.74) is 11.8. The Balaban J connectivity index is 1.30. The van der Waals surface area contributed by atoms with Crippen LogP contribution in [-0.4, -0.2) is 34.8 Å². The van der Waals surface area contributed by atoms with Gasteiger partial charge in [-0.1, -0.05) is 41.5 Å². The maximum absolute atomic E-state index is 12.6. The Bertz CT molecular complexity index is 1160. The minimum Gasteiger partial charge on any atom is -0.444 e. The van der Waals surface area contributed by atoms with E-state index < -0.39 is 0 Å². The Hall–Kier alpha value is -4.10. The molecule has 9 nitrogen and oxygen atoms in total. The maximum Gasteiger partial charge on any atom is 0.275 e. The van der Waals surface area contributed by atoms with Crippen LogP contribution >= 0.6 is 0 Å². The van der Waals surface area contributed by atoms with Crippen LogP contribution in [0.3, 0.4) is 0 Å². The topological polar surface area (TPSA) is 124 Å². The van der Waals surface area contributed by atoms with E-state index in [0.717, 1.165) is 49.0 Å². The Labute approximate surface area is 191 Å². The van der Waals surface area contributed by atoms with Gasteiger partial charge < -0.3 is 14.6 Å². The predicted molar refractivity (Wildman–Crippen MR) is 122 cm³/mol. The van der Waals surface area contributed by atoms with Crippen molar-refractivity contribution < 1.29 is 14.0 Å². The van der Waals surface area contributed by atoms with Gasteiger partial charge in [0.15, 0.2) is 5.69 Å². The van der Waals surface area contributed by atoms with Crippen LogP contribution in [0.15, 0.2) is 64.3 Å². The standard InChI is InChI=1S/C24H24N6O3/c25-29-28-20-10-6-17(7-11-20)14-22(31)26-15-18-4-8-19(9-5-18)23-27-21(16-33-23)24(32)30-12-2-1-3-13-30/h4-11,16H,1-3,12-15H2,(H,26,31). The van der Waals surface area contributed by atoms with Crippen molar-refractivity contribution in [1.29, 1.82) is 0 Å². The van der Waals surface area contributed by atoms with E-state index in [9.17, 15) is 9.59 Å². The zero-order valence-corrected chi connectivity index (χ0v) is 18.1. The lowest BCUT2D eigenvalue weighted by atomic mass is 10.1. The van der Waals surface area contributed by atoms with Gasteiger partial charge in [0.1, 0.15) is 6.26 Å². The highest BCUT2D eigenvalue weighted by molar-refractivity contribution is 5.92. The van der Waals surface area contributed by atoms with Gasteiger partial charge in [-0.25, -0.2) is 4.98 Å². The molecule has 2 heterocycles. The predicted octanol–water partition coefficient (Wildman–Crippen LogP) is 4.77. The van der Waals surface area contributed by atoms with Gasteiger partial charge in [0, 0.05) is 35.8 Å². The molecule has 0 unspecified atom stereocenters. The summed E-state index contributed by atoms with van der Waals surface area (Å²) in [5, 5.41) is 6.40. The zero-order valence-electron chi connectivity index (χ0n) is 18.1. The average molecular weight is 444 g/mol. The number of likely N-dealkylation sites (tertiary alicyclic amines) is 1. The molecule has 9 heteroatoms. The van der Waals surface area contributed by atoms with Crippen molar-refractivity contribution in [1.82, 2.24) is 15.2 Å². The molecule has 4 rings (SSSR count). The lowest BCUT2D eigenvalue weighted by Crippen LogP contribution is -2.35. The van der Waals surface area contributed by atoms with Crippen molar-refractivity contribution in [3.63, 3.8) is 0 Å². The van der Waals surface area contributed by atoms with E-state index in [1.54, 1.807) is 24.3 Å². The number of carbonyl (C=O) groups is 2. The Morgan fingerprint density at radius 3 is 2.42 bits per heavy atom. The number of oxazole rings is 1. The van der Waals surface area contributed by atoms with E-state index >= 15 is 0 Å². The third-order valence-electron chi connectivity index (χ3n) is 5.52. The molecule has 2 aromatic carbocycles. The first-order valence-corrected chi connectivity index (χ1v) is 10.9. The van der Waals surface area contributed by atoms with Crippen LogP contribution in [-0.2, 0) is 17.8 Å². The smallest absolute Gasteiger partial charge is 0.275 e. The van der Waals surface area contributed by atoms with Gasteiger partial charge in [-0.15, -0.1) is 0 Å². The lowest BCUT2D eigenvalue weighted by Gasteiger charge is -2.25. The Kier molecular flexibility index (Phi) is 7.02. The summed E-state index contributed by atoms with van der Waals surface area (Å²) in [4.78, 5) is 33.7. The summed E-state index contributed by atoms with van der Waals surface area (Å²) in [7, 11) is 0. The number of aromatic nitrogens is 1. The molecule has 1 N–H and O–H groups in total. The van der Waals surface area contributed by atoms with E-state index in [4.69, 9.17) is 9.95 Å². The van der Waals surface area contributed by atoms with Crippen molar-refractivity contribution in [3.05, 3.63) is 82.1 Å². The molecule has 3 aromatic rings. The molecule has 2 amide bonds. The first-order valence-electron chi connectivity index (χ1n) is 10.9. The van der Waals surface area contributed by atoms with Gasteiger partial charge in [0.25, 0.3) is 5.91 Å². The molecule has 168 valence electrons. The molecular weight excluding hydrogens is 420 g/mol. The molecule has 1 aromatic heterocycles. The van der Waals surface area contributed by atoms with Crippen LogP contribution in [0.4, 0.5) is 5.69 Å². The van der Waals surface area contributed by atoms with Crippen molar-refractivity contribution in [2.45, 2.75) is 32.2 Å². The monoisotopic (exact) mass is 444 g/mol. The fourth-order valence-electron chi connectivity index (χ4n) is 3.71. The molecule has 1 saturated heterocycles. The highest BCUT2D eigenvalue weighted by Gasteiger charge is 2.21. The number of hydrogen-bond acceptors (Lipinski definition) is 5. The number of nitrogens with zero attached hydrogens (tertiary/aromatic N) is 5. The number of rotatable bonds is 7. The Morgan fingerprint density at radius 2 is 1.73 bits per heavy atom. The maximum atomic E-state index is 12.6. The van der Waals surface area contributed by atoms with E-state index in [-0.39, 0.29) is 18.2 Å². The molecule has 1 fully saturated rings. The first kappa shape index (κ1) is 22.1. The first-order chi connectivity index (χ1) is 16.1. The zero-order chi connectivity index (χ0) is 23.0. The van der Waals surface area contributed by atoms with Gasteiger partial charge in [0.2, 0.25) is 11.8 Å². The number of carbonyl (C=O) groups excluding carboxylic acids is 2. The summed E-state index contributed by atoms with van der Waals surface area (Å²) in [6, 6.07) is 14.4. The van der Waals surface area contributed by atoms with Gasteiger partial charge in [-0.05, 0) is 48.1 Å². The van der Waals surface area contributed by atoms with Gasteiger partial charge in [0.05, 0.1) is 6.42 Å². The van der Waals surface area contributed by atoms with Crippen molar-refractivity contribution in [3.8, 4) is 11.5 Å². The van der Waals surface area contributed by atoms with Crippen molar-refractivity contribution in [2.75, 3.05) is 13.1 Å². The van der Waals surface area contributed by atoms with E-state index in [1.807, 2.05) is 29.2 Å². The second-order valence-corrected chi connectivity index (χ2v) is 7.90. The third-order valence-corrected chi connectivity index (χ3v) is 5.52. The molecule has 33 heavy (non-hydrogen) atoms. The normalized spacial score (nSPS) is 13.3. The summed E-state index contributed by atoms with van der Waals surface area (Å²) in [5.74, 6) is 0.204. The fraction of sp³-hybridized carbons (Fsp3) is 0.292. The third kappa shape index (κ3) is 5.78.